The van der Waals surface area contributed by atoms with Crippen LogP contribution in [0.25, 0.3) is 0 Å². The lowest BCUT2D eigenvalue weighted by Crippen LogP contribution is -2.32. The summed E-state index contributed by atoms with van der Waals surface area (Å²) in [5, 5.41) is 19.5. The van der Waals surface area contributed by atoms with Crippen molar-refractivity contribution in [3.63, 3.8) is 0 Å². The van der Waals surface area contributed by atoms with Crippen molar-refractivity contribution in [2.45, 2.75) is 136 Å². The predicted molar refractivity (Wildman–Crippen MR) is 156 cm³/mol. The number of hydrogen-bond donors (Lipinski definition) is 2. The molecule has 0 aliphatic carbocycles. The zero-order valence-corrected chi connectivity index (χ0v) is 25.5. The monoisotopic (exact) mass is 656 g/mol. The molecule has 0 saturated carbocycles. The van der Waals surface area contributed by atoms with Gasteiger partial charge in [0.25, 0.3) is 0 Å². The van der Waals surface area contributed by atoms with Crippen molar-refractivity contribution in [2.24, 2.45) is 0 Å². The minimum Gasteiger partial charge on any atom is -0.378 e. The lowest BCUT2D eigenvalue weighted by molar-refractivity contribution is -0.0625. The molecule has 2 N–H and O–H groups in total. The van der Waals surface area contributed by atoms with Gasteiger partial charge in [-0.2, -0.15) is 0 Å². The van der Waals surface area contributed by atoms with Gasteiger partial charge in [0.15, 0.2) is 0 Å². The number of allylic oxidation sites excluding steroid dienone is 2. The van der Waals surface area contributed by atoms with Crippen LogP contribution in [0.5, 0.6) is 0 Å². The van der Waals surface area contributed by atoms with Crippen LogP contribution >= 0.6 is 31.9 Å². The number of rotatable bonds is 4. The minimum atomic E-state index is -0.845. The molecule has 0 radical (unpaired) electrons. The molecule has 0 spiro atoms. The Bertz CT molecular complexity index is 796. The third-order valence-corrected chi connectivity index (χ3v) is 9.53. The van der Waals surface area contributed by atoms with Crippen LogP contribution in [0, 0.1) is 24.7 Å². The summed E-state index contributed by atoms with van der Waals surface area (Å²) >= 11 is 7.38. The van der Waals surface area contributed by atoms with Gasteiger partial charge >= 0.3 is 0 Å². The summed E-state index contributed by atoms with van der Waals surface area (Å²) in [5.74, 6) is 4.68. The van der Waals surface area contributed by atoms with Crippen LogP contribution < -0.4 is 0 Å². The summed E-state index contributed by atoms with van der Waals surface area (Å²) in [5.41, 5.74) is 0. The first kappa shape index (κ1) is 31.8. The number of halogens is 2. The van der Waals surface area contributed by atoms with E-state index in [9.17, 15) is 10.2 Å². The van der Waals surface area contributed by atoms with Crippen LogP contribution in [-0.4, -0.2) is 80.9 Å². The Kier molecular flexibility index (Phi) is 13.4. The average molecular weight is 658 g/mol. The maximum atomic E-state index is 9.73. The number of alkyl halides is 2. The second-order valence-electron chi connectivity index (χ2n) is 10.3. The van der Waals surface area contributed by atoms with Crippen LogP contribution in [0.2, 0.25) is 0 Å². The standard InChI is InChI=1S/2C15H21BrO3/c2*1-3-11(17)14-9-15-13(19-14)8-6-5-7-10(16)12(4-2)18-15/h2*1,5-6,10-15,17H,4,7-9H2,2H3/b2*6-5-/t2*10-,11+,12+,13-,14+,15-/m00/s1. The molecule has 4 aliphatic heterocycles. The van der Waals surface area contributed by atoms with Crippen molar-refractivity contribution in [2.75, 3.05) is 0 Å². The minimum absolute atomic E-state index is 0.00361. The highest BCUT2D eigenvalue weighted by Crippen LogP contribution is 2.33. The van der Waals surface area contributed by atoms with Gasteiger partial charge in [0.05, 0.1) is 48.8 Å². The molecule has 6 nitrogen and oxygen atoms in total. The SMILES string of the molecule is C#C[C@@H](O)[C@H]1C[C@@H]2O[C@H](CC)[C@@H](Br)C/C=C\C[C@@H]2O1.C#C[C@@H](O)[C@H]1C[C@@H]2O[C@H](CC)[C@@H](Br)C/C=C\C[C@@H]2O1. The Morgan fingerprint density at radius 2 is 1.05 bits per heavy atom. The quantitative estimate of drug-likeness (QED) is 0.256. The molecule has 8 heteroatoms. The summed E-state index contributed by atoms with van der Waals surface area (Å²) in [4.78, 5) is 0.646. The molecule has 4 heterocycles. The number of hydrogen-bond acceptors (Lipinski definition) is 6. The van der Waals surface area contributed by atoms with Crippen LogP contribution in [0.1, 0.15) is 65.2 Å². The second-order valence-corrected chi connectivity index (χ2v) is 12.6. The molecule has 0 bridgehead atoms. The first-order valence-electron chi connectivity index (χ1n) is 13.8. The highest BCUT2D eigenvalue weighted by Gasteiger charge is 2.41. The Hall–Kier alpha value is -0.680. The maximum Gasteiger partial charge on any atom is 0.140 e. The smallest absolute Gasteiger partial charge is 0.140 e. The van der Waals surface area contributed by atoms with Crippen molar-refractivity contribution >= 4 is 31.9 Å². The Labute approximate surface area is 245 Å². The van der Waals surface area contributed by atoms with E-state index in [-0.39, 0.29) is 48.8 Å². The first-order chi connectivity index (χ1) is 18.3. The molecular weight excluding hydrogens is 616 g/mol. The Balaban J connectivity index is 0.000000211. The van der Waals surface area contributed by atoms with E-state index in [4.69, 9.17) is 31.8 Å². The van der Waals surface area contributed by atoms with Crippen molar-refractivity contribution < 1.29 is 29.2 Å². The van der Waals surface area contributed by atoms with Crippen LogP contribution in [-0.2, 0) is 18.9 Å². The molecule has 0 aromatic carbocycles. The molecule has 12 atom stereocenters. The zero-order valence-electron chi connectivity index (χ0n) is 22.3. The lowest BCUT2D eigenvalue weighted by Gasteiger charge is -2.26. The molecule has 0 amide bonds. The van der Waals surface area contributed by atoms with Gasteiger partial charge in [-0.3, -0.25) is 0 Å². The third kappa shape index (κ3) is 8.66. The highest BCUT2D eigenvalue weighted by atomic mass is 79.9. The van der Waals surface area contributed by atoms with Gasteiger partial charge in [-0.05, 0) is 38.5 Å². The van der Waals surface area contributed by atoms with Crippen molar-refractivity contribution in [1.82, 2.24) is 0 Å². The molecule has 0 aromatic rings. The molecular formula is C30H42Br2O6. The fourth-order valence-electron chi connectivity index (χ4n) is 5.36. The molecule has 38 heavy (non-hydrogen) atoms. The summed E-state index contributed by atoms with van der Waals surface area (Å²) in [7, 11) is 0. The number of aliphatic hydroxyl groups is 2. The fourth-order valence-corrected chi connectivity index (χ4v) is 6.79. The number of aliphatic hydroxyl groups excluding tert-OH is 2. The van der Waals surface area contributed by atoms with E-state index >= 15 is 0 Å². The largest absolute Gasteiger partial charge is 0.378 e. The second kappa shape index (κ2) is 15.9. The lowest BCUT2D eigenvalue weighted by atomic mass is 10.1. The normalized spacial score (nSPS) is 42.3. The molecule has 2 fully saturated rings. The van der Waals surface area contributed by atoms with Crippen molar-refractivity contribution in [1.29, 1.82) is 0 Å². The third-order valence-electron chi connectivity index (χ3n) is 7.61. The Morgan fingerprint density at radius 3 is 1.39 bits per heavy atom. The molecule has 0 aromatic heterocycles. The van der Waals surface area contributed by atoms with Crippen LogP contribution in [0.4, 0.5) is 0 Å². The number of fused-ring (bicyclic) bond motifs is 2. The average Bonchev–Trinajstić information content (AvgIpc) is 3.54. The molecule has 2 saturated heterocycles. The first-order valence-corrected chi connectivity index (χ1v) is 15.6. The van der Waals surface area contributed by atoms with Crippen molar-refractivity contribution in [3.8, 4) is 24.7 Å². The summed E-state index contributed by atoms with van der Waals surface area (Å²) < 4.78 is 24.1. The van der Waals surface area contributed by atoms with Gasteiger partial charge in [0.1, 0.15) is 12.2 Å². The van der Waals surface area contributed by atoms with Gasteiger partial charge < -0.3 is 29.2 Å². The van der Waals surface area contributed by atoms with E-state index in [2.05, 4.69) is 81.9 Å². The maximum absolute atomic E-state index is 9.73. The molecule has 0 unspecified atom stereocenters. The predicted octanol–water partition coefficient (Wildman–Crippen LogP) is 4.83. The van der Waals surface area contributed by atoms with E-state index in [1.165, 1.54) is 0 Å². The van der Waals surface area contributed by atoms with E-state index in [1.54, 1.807) is 0 Å². The highest BCUT2D eigenvalue weighted by molar-refractivity contribution is 9.09. The van der Waals surface area contributed by atoms with E-state index < -0.39 is 12.2 Å². The number of ether oxygens (including phenoxy) is 4. The topological polar surface area (TPSA) is 77.4 Å². The zero-order chi connectivity index (χ0) is 27.7. The van der Waals surface area contributed by atoms with Gasteiger partial charge in [0, 0.05) is 22.5 Å². The summed E-state index contributed by atoms with van der Waals surface area (Å²) in [6.07, 6.45) is 24.0. The van der Waals surface area contributed by atoms with Gasteiger partial charge in [-0.15, -0.1) is 12.8 Å². The molecule has 212 valence electrons. The fraction of sp³-hybridized carbons (Fsp3) is 0.733. The van der Waals surface area contributed by atoms with Gasteiger partial charge in [-0.1, -0.05) is 81.9 Å². The number of terminal acetylenes is 2. The van der Waals surface area contributed by atoms with E-state index in [0.29, 0.717) is 22.5 Å². The van der Waals surface area contributed by atoms with Gasteiger partial charge in [0.2, 0.25) is 0 Å². The van der Waals surface area contributed by atoms with Crippen LogP contribution in [0.3, 0.4) is 0 Å². The van der Waals surface area contributed by atoms with Crippen LogP contribution in [0.15, 0.2) is 24.3 Å². The Morgan fingerprint density at radius 1 is 0.684 bits per heavy atom. The molecule has 4 aliphatic rings. The van der Waals surface area contributed by atoms with Gasteiger partial charge in [-0.25, -0.2) is 0 Å². The van der Waals surface area contributed by atoms with E-state index in [0.717, 1.165) is 38.5 Å². The van der Waals surface area contributed by atoms with Crippen molar-refractivity contribution in [3.05, 3.63) is 24.3 Å². The van der Waals surface area contributed by atoms with E-state index in [1.807, 2.05) is 0 Å². The summed E-state index contributed by atoms with van der Waals surface area (Å²) in [6.45, 7) is 4.25. The summed E-state index contributed by atoms with van der Waals surface area (Å²) in [6, 6.07) is 0. The molecule has 4 rings (SSSR count).